The molecule has 4 rings (SSSR count). The van der Waals surface area contributed by atoms with E-state index in [0.29, 0.717) is 37.2 Å². The molecule has 1 unspecified atom stereocenters. The van der Waals surface area contributed by atoms with E-state index in [-0.39, 0.29) is 11.5 Å². The minimum atomic E-state index is -2.73. The summed E-state index contributed by atoms with van der Waals surface area (Å²) in [6.07, 6.45) is 0.788. The van der Waals surface area contributed by atoms with Gasteiger partial charge in [0.05, 0.1) is 18.8 Å². The monoisotopic (exact) mass is 474 g/mol. The normalized spacial score (nSPS) is 26.8. The predicted molar refractivity (Wildman–Crippen MR) is 106 cm³/mol. The highest BCUT2D eigenvalue weighted by molar-refractivity contribution is 5.30. The molecule has 1 aliphatic heterocycles. The minimum absolute atomic E-state index is 0.0375. The summed E-state index contributed by atoms with van der Waals surface area (Å²) < 4.78 is 99.2. The molecule has 0 amide bonds. The Morgan fingerprint density at radius 1 is 0.788 bits per heavy atom. The second kappa shape index (κ2) is 9.93. The van der Waals surface area contributed by atoms with Gasteiger partial charge >= 0.3 is 0 Å². The molecule has 0 radical (unpaired) electrons. The summed E-state index contributed by atoms with van der Waals surface area (Å²) in [5.74, 6) is -6.93. The van der Waals surface area contributed by atoms with Crippen LogP contribution in [0.25, 0.3) is 0 Å². The van der Waals surface area contributed by atoms with Crippen molar-refractivity contribution in [2.45, 2.75) is 45.3 Å². The first-order valence-corrected chi connectivity index (χ1v) is 10.9. The van der Waals surface area contributed by atoms with Gasteiger partial charge in [0.1, 0.15) is 17.4 Å². The fraction of sp³-hybridized carbons (Fsp3) is 0.500. The van der Waals surface area contributed by atoms with Crippen LogP contribution in [0.1, 0.15) is 56.4 Å². The van der Waals surface area contributed by atoms with Crippen molar-refractivity contribution < 1.29 is 40.6 Å². The van der Waals surface area contributed by atoms with Gasteiger partial charge in [-0.15, -0.1) is 0 Å². The van der Waals surface area contributed by atoms with Crippen LogP contribution in [0.2, 0.25) is 0 Å². The Labute approximate surface area is 187 Å². The fourth-order valence-corrected chi connectivity index (χ4v) is 4.48. The molecule has 2 aromatic carbocycles. The lowest BCUT2D eigenvalue weighted by atomic mass is 9.76. The first-order chi connectivity index (χ1) is 15.7. The maximum absolute atomic E-state index is 14.6. The molecule has 0 bridgehead atoms. The second-order valence-electron chi connectivity index (χ2n) is 8.81. The van der Waals surface area contributed by atoms with Gasteiger partial charge in [0.25, 0.3) is 6.36 Å². The average molecular weight is 474 g/mol. The third kappa shape index (κ3) is 5.30. The Hall–Kier alpha value is -2.26. The molecule has 0 spiro atoms. The van der Waals surface area contributed by atoms with Gasteiger partial charge in [-0.2, -0.15) is 4.39 Å². The highest BCUT2D eigenvalue weighted by Crippen LogP contribution is 2.38. The summed E-state index contributed by atoms with van der Waals surface area (Å²) >= 11 is 0. The van der Waals surface area contributed by atoms with Crippen LogP contribution < -0.4 is 4.74 Å². The zero-order valence-electron chi connectivity index (χ0n) is 17.9. The number of benzene rings is 2. The van der Waals surface area contributed by atoms with E-state index in [1.54, 1.807) is 0 Å². The van der Waals surface area contributed by atoms with Gasteiger partial charge in [-0.25, -0.2) is 22.0 Å². The van der Waals surface area contributed by atoms with Crippen molar-refractivity contribution in [3.8, 4) is 5.75 Å². The van der Waals surface area contributed by atoms with Crippen LogP contribution in [0, 0.1) is 46.8 Å². The first-order valence-electron chi connectivity index (χ1n) is 10.9. The molecule has 9 heteroatoms. The number of ether oxygens (including phenoxy) is 3. The number of halogens is 6. The van der Waals surface area contributed by atoms with Crippen molar-refractivity contribution in [1.82, 2.24) is 0 Å². The molecule has 1 atom stereocenters. The summed E-state index contributed by atoms with van der Waals surface area (Å²) in [6.45, 7) is 3.02. The lowest BCUT2D eigenvalue weighted by Gasteiger charge is -2.37. The van der Waals surface area contributed by atoms with Crippen molar-refractivity contribution >= 4 is 0 Å². The van der Waals surface area contributed by atoms with E-state index in [1.165, 1.54) is 0 Å². The quantitative estimate of drug-likeness (QED) is 0.348. The van der Waals surface area contributed by atoms with Crippen LogP contribution in [0.4, 0.5) is 26.3 Å². The molecule has 2 aromatic rings. The van der Waals surface area contributed by atoms with Gasteiger partial charge in [0, 0.05) is 23.6 Å². The largest absolute Gasteiger partial charge is 0.456 e. The maximum Gasteiger partial charge on any atom is 0.269 e. The minimum Gasteiger partial charge on any atom is -0.456 e. The molecule has 180 valence electrons. The lowest BCUT2D eigenvalue weighted by molar-refractivity contribution is -0.214. The van der Waals surface area contributed by atoms with Gasteiger partial charge < -0.3 is 14.2 Å². The van der Waals surface area contributed by atoms with Crippen LogP contribution in [-0.4, -0.2) is 13.2 Å². The van der Waals surface area contributed by atoms with Gasteiger partial charge in [-0.05, 0) is 36.8 Å². The maximum atomic E-state index is 14.6. The van der Waals surface area contributed by atoms with E-state index in [2.05, 4.69) is 11.7 Å². The molecule has 1 saturated heterocycles. The summed E-state index contributed by atoms with van der Waals surface area (Å²) in [4.78, 5) is 0. The third-order valence-electron chi connectivity index (χ3n) is 6.45. The summed E-state index contributed by atoms with van der Waals surface area (Å²) in [6, 6.07) is 2.49. The van der Waals surface area contributed by atoms with E-state index in [1.807, 2.05) is 0 Å². The predicted octanol–water partition coefficient (Wildman–Crippen LogP) is 6.92. The SMILES string of the molecule is CC1CCC(C2COC(c3cc(F)c(C(F)Oc4cc(F)c(F)c(F)c4)c(F)c3)OC2)CC1. The van der Waals surface area contributed by atoms with Crippen molar-refractivity contribution in [3.63, 3.8) is 0 Å². The van der Waals surface area contributed by atoms with Crippen molar-refractivity contribution in [1.29, 1.82) is 0 Å². The molecule has 33 heavy (non-hydrogen) atoms. The van der Waals surface area contributed by atoms with Crippen molar-refractivity contribution in [2.24, 2.45) is 17.8 Å². The summed E-state index contributed by atoms with van der Waals surface area (Å²) in [7, 11) is 0. The Balaban J connectivity index is 1.42. The average Bonchev–Trinajstić information content (AvgIpc) is 2.77. The number of alkyl halides is 1. The molecule has 0 N–H and O–H groups in total. The second-order valence-corrected chi connectivity index (χ2v) is 8.81. The highest BCUT2D eigenvalue weighted by Gasteiger charge is 2.33. The van der Waals surface area contributed by atoms with Crippen LogP contribution in [0.15, 0.2) is 24.3 Å². The van der Waals surface area contributed by atoms with Gasteiger partial charge in [-0.3, -0.25) is 0 Å². The van der Waals surface area contributed by atoms with Crippen LogP contribution in [0.3, 0.4) is 0 Å². The van der Waals surface area contributed by atoms with Gasteiger partial charge in [0.2, 0.25) is 0 Å². The molecule has 2 aliphatic rings. The fourth-order valence-electron chi connectivity index (χ4n) is 4.48. The van der Waals surface area contributed by atoms with Crippen molar-refractivity contribution in [2.75, 3.05) is 13.2 Å². The van der Waals surface area contributed by atoms with Crippen molar-refractivity contribution in [3.05, 3.63) is 64.5 Å². The Morgan fingerprint density at radius 3 is 1.88 bits per heavy atom. The van der Waals surface area contributed by atoms with E-state index < -0.39 is 53.0 Å². The molecule has 1 saturated carbocycles. The highest BCUT2D eigenvalue weighted by atomic mass is 19.2. The Morgan fingerprint density at radius 2 is 1.33 bits per heavy atom. The molecule has 2 fully saturated rings. The molecule has 1 heterocycles. The lowest BCUT2D eigenvalue weighted by Crippen LogP contribution is -2.34. The van der Waals surface area contributed by atoms with E-state index in [0.717, 1.165) is 37.8 Å². The molecule has 1 aliphatic carbocycles. The van der Waals surface area contributed by atoms with E-state index in [9.17, 15) is 26.3 Å². The molecular formula is C24H24F6O3. The van der Waals surface area contributed by atoms with Crippen LogP contribution >= 0.6 is 0 Å². The smallest absolute Gasteiger partial charge is 0.269 e. The van der Waals surface area contributed by atoms with E-state index >= 15 is 0 Å². The molecule has 0 aromatic heterocycles. The number of hydrogen-bond donors (Lipinski definition) is 0. The zero-order chi connectivity index (χ0) is 23.7. The number of hydrogen-bond acceptors (Lipinski definition) is 3. The standard InChI is InChI=1S/C24H24F6O3/c1-12-2-4-13(5-3-12)15-10-31-24(32-11-15)14-6-17(25)21(18(26)7-14)23(30)33-16-8-19(27)22(29)20(28)9-16/h6-9,12-13,15,23-24H,2-5,10-11H2,1H3. The molecular weight excluding hydrogens is 450 g/mol. The van der Waals surface area contributed by atoms with Gasteiger partial charge in [0.15, 0.2) is 23.7 Å². The Bertz CT molecular complexity index is 938. The van der Waals surface area contributed by atoms with E-state index in [4.69, 9.17) is 9.47 Å². The van der Waals surface area contributed by atoms with Crippen LogP contribution in [0.5, 0.6) is 5.75 Å². The number of rotatable bonds is 5. The summed E-state index contributed by atoms with van der Waals surface area (Å²) in [5.41, 5.74) is -1.05. The first kappa shape index (κ1) is 23.9. The van der Waals surface area contributed by atoms with Gasteiger partial charge in [-0.1, -0.05) is 19.8 Å². The summed E-state index contributed by atoms with van der Waals surface area (Å²) in [5, 5.41) is 0. The topological polar surface area (TPSA) is 27.7 Å². The van der Waals surface area contributed by atoms with Crippen LogP contribution in [-0.2, 0) is 9.47 Å². The zero-order valence-corrected chi connectivity index (χ0v) is 17.9. The third-order valence-corrected chi connectivity index (χ3v) is 6.45. The Kier molecular flexibility index (Phi) is 7.19. The molecule has 3 nitrogen and oxygen atoms in total.